The Morgan fingerprint density at radius 1 is 1.30 bits per heavy atom. The number of aromatic nitrogens is 1. The number of pyridine rings is 1. The van der Waals surface area contributed by atoms with Crippen LogP contribution in [0.1, 0.15) is 39.2 Å². The summed E-state index contributed by atoms with van der Waals surface area (Å²) in [6.07, 6.45) is -2.04. The molecule has 3 aromatic rings. The Balaban J connectivity index is 1.52. The minimum absolute atomic E-state index is 0.0576. The van der Waals surface area contributed by atoms with Crippen molar-refractivity contribution in [2.45, 2.75) is 38.6 Å². The molecule has 0 saturated carbocycles. The molecule has 0 radical (unpaired) electrons. The fourth-order valence-corrected chi connectivity index (χ4v) is 5.57. The zero-order chi connectivity index (χ0) is 26.2. The van der Waals surface area contributed by atoms with Gasteiger partial charge in [-0.25, -0.2) is 0 Å². The maximum atomic E-state index is 13.3. The molecule has 4 heterocycles. The van der Waals surface area contributed by atoms with E-state index in [0.717, 1.165) is 30.7 Å². The Kier molecular flexibility index (Phi) is 7.33. The van der Waals surface area contributed by atoms with Crippen molar-refractivity contribution in [3.63, 3.8) is 0 Å². The molecule has 0 aliphatic carbocycles. The maximum Gasteiger partial charge on any atom is 0.417 e. The minimum atomic E-state index is -4.56. The maximum absolute atomic E-state index is 13.3. The Labute approximate surface area is 220 Å². The van der Waals surface area contributed by atoms with Gasteiger partial charge in [0.15, 0.2) is 11.5 Å². The quantitative estimate of drug-likeness (QED) is 0.367. The van der Waals surface area contributed by atoms with E-state index in [2.05, 4.69) is 4.98 Å². The second-order valence-electron chi connectivity index (χ2n) is 8.97. The number of hydrogen-bond acceptors (Lipinski definition) is 6. The van der Waals surface area contributed by atoms with Gasteiger partial charge in [0.2, 0.25) is 0 Å². The molecule has 196 valence electrons. The fourth-order valence-electron chi connectivity index (χ4n) is 4.40. The first kappa shape index (κ1) is 25.8. The third kappa shape index (κ3) is 5.56. The summed E-state index contributed by atoms with van der Waals surface area (Å²) >= 11 is 7.64. The first-order valence-electron chi connectivity index (χ1n) is 11.8. The number of hydrogen-bond donors (Lipinski definition) is 0. The molecular formula is C26H24ClF3N2O4S. The number of benzene rings is 1. The van der Waals surface area contributed by atoms with E-state index in [9.17, 15) is 18.0 Å². The number of alkyl halides is 3. The summed E-state index contributed by atoms with van der Waals surface area (Å²) in [7, 11) is 0. The zero-order valence-corrected chi connectivity index (χ0v) is 21.5. The molecular weight excluding hydrogens is 529 g/mol. The van der Waals surface area contributed by atoms with E-state index in [1.165, 1.54) is 11.3 Å². The molecule has 0 bridgehead atoms. The van der Waals surface area contributed by atoms with Gasteiger partial charge >= 0.3 is 6.18 Å². The van der Waals surface area contributed by atoms with Crippen molar-refractivity contribution in [3.8, 4) is 22.8 Å². The summed E-state index contributed by atoms with van der Waals surface area (Å²) in [5.74, 6) is 0.784. The van der Waals surface area contributed by atoms with Gasteiger partial charge in [-0.2, -0.15) is 13.2 Å². The lowest BCUT2D eigenvalue weighted by Gasteiger charge is -2.21. The molecule has 2 aliphatic heterocycles. The highest BCUT2D eigenvalue weighted by atomic mass is 35.5. The number of thiophene rings is 1. The van der Waals surface area contributed by atoms with E-state index in [4.69, 9.17) is 25.8 Å². The van der Waals surface area contributed by atoms with Crippen LogP contribution < -0.4 is 9.47 Å². The van der Waals surface area contributed by atoms with Gasteiger partial charge in [-0.15, -0.1) is 11.3 Å². The number of halogens is 4. The fraction of sp³-hybridized carbons (Fsp3) is 0.385. The van der Waals surface area contributed by atoms with Crippen LogP contribution in [0.3, 0.4) is 0 Å². The van der Waals surface area contributed by atoms with Crippen LogP contribution in [0, 0.1) is 6.92 Å². The number of carbonyl (C=O) groups excluding carboxylic acids is 1. The molecule has 1 fully saturated rings. The van der Waals surface area contributed by atoms with Crippen LogP contribution in [0.25, 0.3) is 11.3 Å². The molecule has 1 aromatic carbocycles. The highest BCUT2D eigenvalue weighted by Crippen LogP contribution is 2.41. The summed E-state index contributed by atoms with van der Waals surface area (Å²) in [6, 6.07) is 6.15. The summed E-state index contributed by atoms with van der Waals surface area (Å²) < 4.78 is 57.3. The highest BCUT2D eigenvalue weighted by molar-refractivity contribution is 7.12. The van der Waals surface area contributed by atoms with Crippen LogP contribution in [0.5, 0.6) is 11.5 Å². The van der Waals surface area contributed by atoms with Crippen LogP contribution in [0.4, 0.5) is 13.2 Å². The van der Waals surface area contributed by atoms with Crippen LogP contribution >= 0.6 is 22.9 Å². The van der Waals surface area contributed by atoms with Crippen molar-refractivity contribution in [2.24, 2.45) is 0 Å². The predicted molar refractivity (Wildman–Crippen MR) is 133 cm³/mol. The third-order valence-corrected chi connectivity index (χ3v) is 7.63. The van der Waals surface area contributed by atoms with Gasteiger partial charge < -0.3 is 19.1 Å². The molecule has 1 amide bonds. The van der Waals surface area contributed by atoms with E-state index >= 15 is 0 Å². The molecule has 0 N–H and O–H groups in total. The Bertz CT molecular complexity index is 1310. The molecule has 1 atom stereocenters. The Morgan fingerprint density at radius 2 is 2.14 bits per heavy atom. The second kappa shape index (κ2) is 10.5. The Morgan fingerprint density at radius 3 is 2.81 bits per heavy atom. The lowest BCUT2D eigenvalue weighted by Crippen LogP contribution is -2.32. The second-order valence-corrected chi connectivity index (χ2v) is 10.3. The molecule has 11 heteroatoms. The zero-order valence-electron chi connectivity index (χ0n) is 19.9. The smallest absolute Gasteiger partial charge is 0.417 e. The first-order valence-corrected chi connectivity index (χ1v) is 13.1. The van der Waals surface area contributed by atoms with Gasteiger partial charge in [-0.3, -0.25) is 9.78 Å². The van der Waals surface area contributed by atoms with Crippen molar-refractivity contribution < 1.29 is 32.2 Å². The van der Waals surface area contributed by atoms with Crippen LogP contribution in [0.15, 0.2) is 35.8 Å². The standard InChI is InChI=1S/C26H24ClF3N2O4S/c1-15-4-8-37-24(15)25(33)32-5-7-35-23-17(13-32)9-16(10-21(23)36-14-19-3-2-6-34-19)22-20(27)11-18(12-31-22)26(28,29)30/h4,8-12,19H,2-3,5-7,13-14H2,1H3. The number of rotatable bonds is 5. The monoisotopic (exact) mass is 552 g/mol. The van der Waals surface area contributed by atoms with E-state index in [0.29, 0.717) is 47.3 Å². The number of fused-ring (bicyclic) bond motifs is 1. The van der Waals surface area contributed by atoms with Crippen molar-refractivity contribution in [1.29, 1.82) is 0 Å². The lowest BCUT2D eigenvalue weighted by molar-refractivity contribution is -0.137. The Hall–Kier alpha value is -2.82. The van der Waals surface area contributed by atoms with Crippen LogP contribution in [-0.4, -0.2) is 48.3 Å². The van der Waals surface area contributed by atoms with Gasteiger partial charge in [0.05, 0.1) is 33.8 Å². The SMILES string of the molecule is Cc1ccsc1C(=O)N1CCOc2c(cc(-c3ncc(C(F)(F)F)cc3Cl)cc2OCC2CCCO2)C1. The topological polar surface area (TPSA) is 60.9 Å². The molecule has 6 nitrogen and oxygen atoms in total. The van der Waals surface area contributed by atoms with E-state index in [1.807, 2.05) is 18.4 Å². The first-order chi connectivity index (χ1) is 17.7. The van der Waals surface area contributed by atoms with Crippen molar-refractivity contribution >= 4 is 28.8 Å². The van der Waals surface area contributed by atoms with Crippen molar-refractivity contribution in [2.75, 3.05) is 26.4 Å². The van der Waals surface area contributed by atoms with Gasteiger partial charge in [-0.1, -0.05) is 11.6 Å². The van der Waals surface area contributed by atoms with E-state index in [-0.39, 0.29) is 35.9 Å². The number of carbonyl (C=O) groups is 1. The van der Waals surface area contributed by atoms with Gasteiger partial charge in [0.1, 0.15) is 13.2 Å². The summed E-state index contributed by atoms with van der Waals surface area (Å²) in [4.78, 5) is 19.6. The molecule has 1 unspecified atom stereocenters. The average molecular weight is 553 g/mol. The number of nitrogens with zero attached hydrogens (tertiary/aromatic N) is 2. The molecule has 2 aromatic heterocycles. The van der Waals surface area contributed by atoms with E-state index in [1.54, 1.807) is 17.0 Å². The van der Waals surface area contributed by atoms with Crippen molar-refractivity contribution in [1.82, 2.24) is 9.88 Å². The summed E-state index contributed by atoms with van der Waals surface area (Å²) in [5, 5.41) is 1.73. The lowest BCUT2D eigenvalue weighted by atomic mass is 10.0. The largest absolute Gasteiger partial charge is 0.487 e. The molecule has 0 spiro atoms. The summed E-state index contributed by atoms with van der Waals surface area (Å²) in [5.41, 5.74) is 1.26. The third-order valence-electron chi connectivity index (χ3n) is 6.33. The van der Waals surface area contributed by atoms with Gasteiger partial charge in [0.25, 0.3) is 5.91 Å². The minimum Gasteiger partial charge on any atom is -0.487 e. The number of ether oxygens (including phenoxy) is 3. The van der Waals surface area contributed by atoms with Gasteiger partial charge in [-0.05, 0) is 55.0 Å². The van der Waals surface area contributed by atoms with Crippen LogP contribution in [0.2, 0.25) is 5.02 Å². The van der Waals surface area contributed by atoms with Crippen LogP contribution in [-0.2, 0) is 17.5 Å². The molecule has 37 heavy (non-hydrogen) atoms. The van der Waals surface area contributed by atoms with Gasteiger partial charge in [0, 0.05) is 30.5 Å². The average Bonchev–Trinajstić information content (AvgIpc) is 3.48. The molecule has 5 rings (SSSR count). The van der Waals surface area contributed by atoms with E-state index < -0.39 is 11.7 Å². The summed E-state index contributed by atoms with van der Waals surface area (Å²) in [6.45, 7) is 3.72. The molecule has 1 saturated heterocycles. The molecule has 2 aliphatic rings. The predicted octanol–water partition coefficient (Wildman–Crippen LogP) is 6.38. The highest BCUT2D eigenvalue weighted by Gasteiger charge is 2.32. The van der Waals surface area contributed by atoms with Crippen molar-refractivity contribution in [3.05, 3.63) is 62.4 Å². The number of aryl methyl sites for hydroxylation is 1. The number of amides is 1. The normalized spacial score (nSPS) is 17.8.